The second-order valence-corrected chi connectivity index (χ2v) is 4.79. The third kappa shape index (κ3) is 2.04. The summed E-state index contributed by atoms with van der Waals surface area (Å²) in [5, 5.41) is 13.7. The first-order valence-electron chi connectivity index (χ1n) is 6.20. The van der Waals surface area contributed by atoms with Crippen LogP contribution in [0.25, 0.3) is 11.0 Å². The van der Waals surface area contributed by atoms with Gasteiger partial charge in [-0.25, -0.2) is 4.98 Å². The molecule has 104 valence electrons. The number of H-pyrrole nitrogens is 1. The van der Waals surface area contributed by atoms with Crippen LogP contribution in [-0.2, 0) is 4.79 Å². The number of aromatic amines is 1. The number of nitro groups is 1. The number of carbonyl (C=O) groups is 1. The molecule has 8 heteroatoms. The summed E-state index contributed by atoms with van der Waals surface area (Å²) in [6, 6.07) is 4.12. The standard InChI is InChI=1S/C12H13N5O3/c1-16-5-4-9(11(16)18)14-12-13-8-3-2-7(17(19)20)6-10(8)15-12/h2-3,6,9H,4-5H2,1H3,(H2,13,14,15). The SMILES string of the molecule is CN1CCC(Nc2nc3ccc([N+](=O)[O-])cc3[nH]2)C1=O. The van der Waals surface area contributed by atoms with E-state index in [2.05, 4.69) is 15.3 Å². The van der Waals surface area contributed by atoms with Gasteiger partial charge < -0.3 is 15.2 Å². The number of nitro benzene ring substituents is 1. The van der Waals surface area contributed by atoms with E-state index < -0.39 is 4.92 Å². The Kier molecular flexibility index (Phi) is 2.78. The third-order valence-corrected chi connectivity index (χ3v) is 3.41. The summed E-state index contributed by atoms with van der Waals surface area (Å²) < 4.78 is 0. The molecule has 0 bridgehead atoms. The molecule has 2 N–H and O–H groups in total. The highest BCUT2D eigenvalue weighted by molar-refractivity contribution is 5.87. The van der Waals surface area contributed by atoms with Crippen LogP contribution in [0.1, 0.15) is 6.42 Å². The third-order valence-electron chi connectivity index (χ3n) is 3.41. The fourth-order valence-electron chi connectivity index (χ4n) is 2.30. The van der Waals surface area contributed by atoms with Gasteiger partial charge in [0.25, 0.3) is 5.69 Å². The van der Waals surface area contributed by atoms with Crippen molar-refractivity contribution in [1.29, 1.82) is 0 Å². The average molecular weight is 275 g/mol. The molecule has 1 aliphatic heterocycles. The summed E-state index contributed by atoms with van der Waals surface area (Å²) in [5.41, 5.74) is 1.20. The maximum Gasteiger partial charge on any atom is 0.271 e. The zero-order chi connectivity index (χ0) is 14.3. The van der Waals surface area contributed by atoms with E-state index in [0.29, 0.717) is 29.9 Å². The largest absolute Gasteiger partial charge is 0.344 e. The van der Waals surface area contributed by atoms with E-state index in [1.165, 1.54) is 12.1 Å². The Hall–Kier alpha value is -2.64. The molecule has 0 spiro atoms. The average Bonchev–Trinajstić information content (AvgIpc) is 2.95. The van der Waals surface area contributed by atoms with E-state index in [1.807, 2.05) is 0 Å². The number of likely N-dealkylation sites (tertiary alicyclic amines) is 1. The smallest absolute Gasteiger partial charge is 0.271 e. The lowest BCUT2D eigenvalue weighted by Gasteiger charge is -2.10. The Morgan fingerprint density at radius 2 is 2.35 bits per heavy atom. The summed E-state index contributed by atoms with van der Waals surface area (Å²) >= 11 is 0. The number of hydrogen-bond donors (Lipinski definition) is 2. The van der Waals surface area contributed by atoms with Crippen molar-refractivity contribution in [2.24, 2.45) is 0 Å². The summed E-state index contributed by atoms with van der Waals surface area (Å²) in [6.45, 7) is 0.711. The number of fused-ring (bicyclic) bond motifs is 1. The quantitative estimate of drug-likeness (QED) is 0.645. The number of anilines is 1. The van der Waals surface area contributed by atoms with Gasteiger partial charge in [-0.05, 0) is 12.5 Å². The van der Waals surface area contributed by atoms with Gasteiger partial charge in [0.05, 0.1) is 16.0 Å². The number of aromatic nitrogens is 2. The van der Waals surface area contributed by atoms with Crippen LogP contribution in [0, 0.1) is 10.1 Å². The second kappa shape index (κ2) is 4.48. The van der Waals surface area contributed by atoms with Crippen LogP contribution >= 0.6 is 0 Å². The number of hydrogen-bond acceptors (Lipinski definition) is 5. The number of benzene rings is 1. The molecule has 1 aromatic heterocycles. The zero-order valence-corrected chi connectivity index (χ0v) is 10.8. The van der Waals surface area contributed by atoms with Gasteiger partial charge in [-0.1, -0.05) is 0 Å². The fourth-order valence-corrected chi connectivity index (χ4v) is 2.30. The highest BCUT2D eigenvalue weighted by Gasteiger charge is 2.29. The van der Waals surface area contributed by atoms with Crippen LogP contribution in [0.4, 0.5) is 11.6 Å². The number of nitrogens with one attached hydrogen (secondary N) is 2. The minimum absolute atomic E-state index is 0.00405. The molecule has 1 aromatic carbocycles. The van der Waals surface area contributed by atoms with Crippen molar-refractivity contribution in [2.45, 2.75) is 12.5 Å². The van der Waals surface area contributed by atoms with Crippen LogP contribution in [0.5, 0.6) is 0 Å². The van der Waals surface area contributed by atoms with Crippen LogP contribution in [0.2, 0.25) is 0 Å². The van der Waals surface area contributed by atoms with Gasteiger partial charge in [0, 0.05) is 25.7 Å². The van der Waals surface area contributed by atoms with Crippen molar-refractivity contribution in [3.05, 3.63) is 28.3 Å². The van der Waals surface area contributed by atoms with Crippen LogP contribution < -0.4 is 5.32 Å². The topological polar surface area (TPSA) is 104 Å². The predicted molar refractivity (Wildman–Crippen MR) is 72.4 cm³/mol. The highest BCUT2D eigenvalue weighted by Crippen LogP contribution is 2.21. The minimum Gasteiger partial charge on any atom is -0.344 e. The first-order valence-corrected chi connectivity index (χ1v) is 6.20. The van der Waals surface area contributed by atoms with Crippen LogP contribution in [0.3, 0.4) is 0 Å². The fraction of sp³-hybridized carbons (Fsp3) is 0.333. The molecule has 20 heavy (non-hydrogen) atoms. The van der Waals surface area contributed by atoms with Gasteiger partial charge in [-0.2, -0.15) is 0 Å². The Balaban J connectivity index is 1.86. The number of rotatable bonds is 3. The Bertz CT molecular complexity index is 695. The Morgan fingerprint density at radius 1 is 1.55 bits per heavy atom. The number of imidazole rings is 1. The first kappa shape index (κ1) is 12.4. The predicted octanol–water partition coefficient (Wildman–Crippen LogP) is 1.11. The van der Waals surface area contributed by atoms with Crippen molar-refractivity contribution in [1.82, 2.24) is 14.9 Å². The molecule has 0 aliphatic carbocycles. The van der Waals surface area contributed by atoms with Crippen molar-refractivity contribution in [3.8, 4) is 0 Å². The van der Waals surface area contributed by atoms with E-state index in [0.717, 1.165) is 0 Å². The lowest BCUT2D eigenvalue weighted by molar-refractivity contribution is -0.384. The first-order chi connectivity index (χ1) is 9.54. The maximum atomic E-state index is 11.8. The van der Waals surface area contributed by atoms with Gasteiger partial charge in [-0.3, -0.25) is 14.9 Å². The summed E-state index contributed by atoms with van der Waals surface area (Å²) in [5.74, 6) is 0.477. The van der Waals surface area contributed by atoms with E-state index in [4.69, 9.17) is 0 Å². The molecular formula is C12H13N5O3. The van der Waals surface area contributed by atoms with E-state index >= 15 is 0 Å². The molecule has 2 heterocycles. The van der Waals surface area contributed by atoms with E-state index in [9.17, 15) is 14.9 Å². The summed E-state index contributed by atoms with van der Waals surface area (Å²) in [7, 11) is 1.76. The lowest BCUT2D eigenvalue weighted by atomic mass is 10.2. The normalized spacial score (nSPS) is 18.8. The second-order valence-electron chi connectivity index (χ2n) is 4.79. The van der Waals surface area contributed by atoms with Crippen molar-refractivity contribution in [2.75, 3.05) is 18.9 Å². The number of likely N-dealkylation sites (N-methyl/N-ethyl adjacent to an activating group) is 1. The molecule has 1 aliphatic rings. The molecule has 1 fully saturated rings. The monoisotopic (exact) mass is 275 g/mol. The number of non-ortho nitro benzene ring substituents is 1. The molecule has 8 nitrogen and oxygen atoms in total. The number of carbonyl (C=O) groups excluding carboxylic acids is 1. The van der Waals surface area contributed by atoms with Crippen LogP contribution in [0.15, 0.2) is 18.2 Å². The van der Waals surface area contributed by atoms with Gasteiger partial charge in [0.15, 0.2) is 0 Å². The van der Waals surface area contributed by atoms with Gasteiger partial charge in [0.1, 0.15) is 6.04 Å². The molecule has 1 saturated heterocycles. The van der Waals surface area contributed by atoms with Crippen molar-refractivity contribution < 1.29 is 9.72 Å². The number of amides is 1. The molecule has 0 radical (unpaired) electrons. The lowest BCUT2D eigenvalue weighted by Crippen LogP contribution is -2.31. The highest BCUT2D eigenvalue weighted by atomic mass is 16.6. The van der Waals surface area contributed by atoms with Gasteiger partial charge in [0.2, 0.25) is 11.9 Å². The number of nitrogens with zero attached hydrogens (tertiary/aromatic N) is 3. The molecule has 1 unspecified atom stereocenters. The minimum atomic E-state index is -0.456. The van der Waals surface area contributed by atoms with Crippen molar-refractivity contribution >= 4 is 28.6 Å². The molecule has 1 atom stereocenters. The molecule has 0 saturated carbocycles. The summed E-state index contributed by atoms with van der Waals surface area (Å²) in [6.07, 6.45) is 0.715. The molecule has 2 aromatic rings. The maximum absolute atomic E-state index is 11.8. The zero-order valence-electron chi connectivity index (χ0n) is 10.8. The van der Waals surface area contributed by atoms with Gasteiger partial charge >= 0.3 is 0 Å². The summed E-state index contributed by atoms with van der Waals surface area (Å²) in [4.78, 5) is 30.9. The molecular weight excluding hydrogens is 262 g/mol. The molecule has 1 amide bonds. The van der Waals surface area contributed by atoms with E-state index in [1.54, 1.807) is 18.0 Å². The van der Waals surface area contributed by atoms with Crippen molar-refractivity contribution in [3.63, 3.8) is 0 Å². The van der Waals surface area contributed by atoms with Gasteiger partial charge in [-0.15, -0.1) is 0 Å². The Labute approximate surface area is 113 Å². The van der Waals surface area contributed by atoms with Crippen LogP contribution in [-0.4, -0.2) is 45.3 Å². The Morgan fingerprint density at radius 3 is 3.00 bits per heavy atom. The molecule has 3 rings (SSSR count). The van der Waals surface area contributed by atoms with E-state index in [-0.39, 0.29) is 17.6 Å².